The molecule has 0 amide bonds. The molecular formula is C19H16BrN3O4. The van der Waals surface area contributed by atoms with Gasteiger partial charge in [0.05, 0.1) is 17.1 Å². The third-order valence-corrected chi connectivity index (χ3v) is 4.25. The molecule has 0 aliphatic rings. The van der Waals surface area contributed by atoms with Crippen LogP contribution in [0.3, 0.4) is 0 Å². The van der Waals surface area contributed by atoms with E-state index >= 15 is 0 Å². The van der Waals surface area contributed by atoms with Gasteiger partial charge in [-0.15, -0.1) is 0 Å². The van der Waals surface area contributed by atoms with Crippen LogP contribution in [-0.2, 0) is 11.2 Å². The number of aromatic nitrogens is 2. The Bertz CT molecular complexity index is 1070. The van der Waals surface area contributed by atoms with Gasteiger partial charge in [-0.05, 0) is 48.0 Å². The van der Waals surface area contributed by atoms with Crippen LogP contribution in [0.2, 0.25) is 0 Å². The molecule has 3 rings (SSSR count). The molecular weight excluding hydrogens is 414 g/mol. The first-order valence-corrected chi connectivity index (χ1v) is 8.97. The first-order chi connectivity index (χ1) is 13.0. The number of aliphatic carboxylic acids is 1. The molecule has 0 saturated heterocycles. The highest BCUT2D eigenvalue weighted by molar-refractivity contribution is 9.10. The highest BCUT2D eigenvalue weighted by Gasteiger charge is 2.09. The third kappa shape index (κ3) is 4.40. The zero-order chi connectivity index (χ0) is 19.4. The van der Waals surface area contributed by atoms with Gasteiger partial charge in [0.1, 0.15) is 11.6 Å². The van der Waals surface area contributed by atoms with Crippen LogP contribution in [0.1, 0.15) is 18.3 Å². The van der Waals surface area contributed by atoms with Gasteiger partial charge in [0.25, 0.3) is 5.56 Å². The second kappa shape index (κ2) is 8.13. The maximum Gasteiger partial charge on any atom is 0.341 e. The van der Waals surface area contributed by atoms with Crippen molar-refractivity contribution in [3.05, 3.63) is 68.7 Å². The van der Waals surface area contributed by atoms with E-state index < -0.39 is 12.6 Å². The van der Waals surface area contributed by atoms with Crippen molar-refractivity contribution in [2.45, 2.75) is 13.3 Å². The lowest BCUT2D eigenvalue weighted by Gasteiger charge is -2.08. The van der Waals surface area contributed by atoms with E-state index in [1.165, 1.54) is 4.68 Å². The highest BCUT2D eigenvalue weighted by atomic mass is 79.9. The van der Waals surface area contributed by atoms with Crippen molar-refractivity contribution in [1.82, 2.24) is 9.66 Å². The number of carboxylic acid groups (broad SMARTS) is 1. The van der Waals surface area contributed by atoms with Crippen LogP contribution >= 0.6 is 15.9 Å². The maximum absolute atomic E-state index is 12.8. The van der Waals surface area contributed by atoms with Crippen LogP contribution in [0.4, 0.5) is 0 Å². The molecule has 138 valence electrons. The summed E-state index contributed by atoms with van der Waals surface area (Å²) in [6, 6.07) is 12.1. The Kier molecular flexibility index (Phi) is 5.66. The standard InChI is InChI=1S/C19H16BrN3O4/c1-2-17-22-16-8-5-13(20)9-15(16)19(26)23(17)21-10-12-3-6-14(7-4-12)27-11-18(24)25/h3-10H,2,11H2,1H3,(H,24,25). The van der Waals surface area contributed by atoms with Crippen molar-refractivity contribution < 1.29 is 14.6 Å². The van der Waals surface area contributed by atoms with Gasteiger partial charge < -0.3 is 9.84 Å². The summed E-state index contributed by atoms with van der Waals surface area (Å²) in [4.78, 5) is 27.8. The van der Waals surface area contributed by atoms with E-state index in [0.29, 0.717) is 28.9 Å². The average Bonchev–Trinajstić information content (AvgIpc) is 2.66. The van der Waals surface area contributed by atoms with Crippen molar-refractivity contribution in [1.29, 1.82) is 0 Å². The highest BCUT2D eigenvalue weighted by Crippen LogP contribution is 2.16. The lowest BCUT2D eigenvalue weighted by atomic mass is 10.2. The fourth-order valence-corrected chi connectivity index (χ4v) is 2.82. The molecule has 0 radical (unpaired) electrons. The van der Waals surface area contributed by atoms with Crippen LogP contribution in [0.15, 0.2) is 56.8 Å². The minimum atomic E-state index is -1.04. The number of carbonyl (C=O) groups is 1. The van der Waals surface area contributed by atoms with E-state index in [4.69, 9.17) is 9.84 Å². The minimum Gasteiger partial charge on any atom is -0.482 e. The molecule has 2 aromatic carbocycles. The lowest BCUT2D eigenvalue weighted by molar-refractivity contribution is -0.139. The van der Waals surface area contributed by atoms with Crippen LogP contribution in [0, 0.1) is 0 Å². The molecule has 1 N–H and O–H groups in total. The van der Waals surface area contributed by atoms with Crippen molar-refractivity contribution in [2.75, 3.05) is 6.61 Å². The molecule has 1 heterocycles. The quantitative estimate of drug-likeness (QED) is 0.607. The van der Waals surface area contributed by atoms with Gasteiger partial charge in [0, 0.05) is 10.9 Å². The number of halogens is 1. The number of hydrogen-bond acceptors (Lipinski definition) is 5. The van der Waals surface area contributed by atoms with Gasteiger partial charge in [0.15, 0.2) is 6.61 Å². The Morgan fingerprint density at radius 3 is 2.70 bits per heavy atom. The Labute approximate surface area is 163 Å². The second-order valence-corrected chi connectivity index (χ2v) is 6.57. The first-order valence-electron chi connectivity index (χ1n) is 8.18. The summed E-state index contributed by atoms with van der Waals surface area (Å²) in [7, 11) is 0. The molecule has 1 aromatic heterocycles. The Morgan fingerprint density at radius 2 is 2.04 bits per heavy atom. The van der Waals surface area contributed by atoms with Gasteiger partial charge >= 0.3 is 5.97 Å². The zero-order valence-corrected chi connectivity index (χ0v) is 16.0. The average molecular weight is 430 g/mol. The predicted octanol–water partition coefficient (Wildman–Crippen LogP) is 3.07. The number of fused-ring (bicyclic) bond motifs is 1. The van der Waals surface area contributed by atoms with E-state index in [0.717, 1.165) is 10.0 Å². The SMILES string of the molecule is CCc1nc2ccc(Br)cc2c(=O)n1N=Cc1ccc(OCC(=O)O)cc1. The van der Waals surface area contributed by atoms with Gasteiger partial charge in [-0.25, -0.2) is 9.78 Å². The molecule has 7 nitrogen and oxygen atoms in total. The fraction of sp³-hybridized carbons (Fsp3) is 0.158. The maximum atomic E-state index is 12.8. The van der Waals surface area contributed by atoms with E-state index in [2.05, 4.69) is 26.0 Å². The monoisotopic (exact) mass is 429 g/mol. The topological polar surface area (TPSA) is 93.8 Å². The van der Waals surface area contributed by atoms with Gasteiger partial charge in [0.2, 0.25) is 0 Å². The number of hydrogen-bond donors (Lipinski definition) is 1. The molecule has 0 unspecified atom stereocenters. The molecule has 0 saturated carbocycles. The normalized spacial score (nSPS) is 11.2. The van der Waals surface area contributed by atoms with Crippen LogP contribution in [-0.4, -0.2) is 33.6 Å². The summed E-state index contributed by atoms with van der Waals surface area (Å²) in [5, 5.41) is 13.4. The number of carboxylic acids is 1. The Balaban J connectivity index is 1.92. The van der Waals surface area contributed by atoms with Gasteiger partial charge in [-0.1, -0.05) is 22.9 Å². The summed E-state index contributed by atoms with van der Waals surface area (Å²) in [6.45, 7) is 1.51. The van der Waals surface area contributed by atoms with Crippen molar-refractivity contribution >= 4 is 39.0 Å². The minimum absolute atomic E-state index is 0.240. The molecule has 0 aliphatic heterocycles. The molecule has 0 atom stereocenters. The number of ether oxygens (including phenoxy) is 1. The molecule has 0 aliphatic carbocycles. The van der Waals surface area contributed by atoms with Crippen LogP contribution in [0.5, 0.6) is 5.75 Å². The van der Waals surface area contributed by atoms with E-state index in [9.17, 15) is 9.59 Å². The van der Waals surface area contributed by atoms with E-state index in [1.807, 2.05) is 13.0 Å². The molecule has 3 aromatic rings. The largest absolute Gasteiger partial charge is 0.482 e. The summed E-state index contributed by atoms with van der Waals surface area (Å²) in [6.07, 6.45) is 2.10. The van der Waals surface area contributed by atoms with Crippen LogP contribution in [0.25, 0.3) is 10.9 Å². The Hall–Kier alpha value is -3.00. The number of nitrogens with zero attached hydrogens (tertiary/aromatic N) is 3. The number of benzene rings is 2. The van der Waals surface area contributed by atoms with Crippen molar-refractivity contribution in [2.24, 2.45) is 5.10 Å². The van der Waals surface area contributed by atoms with Crippen molar-refractivity contribution in [3.8, 4) is 5.75 Å². The predicted molar refractivity (Wildman–Crippen MR) is 106 cm³/mol. The summed E-state index contributed by atoms with van der Waals surface area (Å²) < 4.78 is 7.18. The number of rotatable bonds is 6. The van der Waals surface area contributed by atoms with Crippen LogP contribution < -0.4 is 10.3 Å². The Morgan fingerprint density at radius 1 is 1.30 bits per heavy atom. The summed E-state index contributed by atoms with van der Waals surface area (Å²) in [5.74, 6) is -0.0341. The lowest BCUT2D eigenvalue weighted by Crippen LogP contribution is -2.22. The molecule has 0 fully saturated rings. The van der Waals surface area contributed by atoms with Gasteiger partial charge in [-0.3, -0.25) is 4.79 Å². The molecule has 0 bridgehead atoms. The molecule has 27 heavy (non-hydrogen) atoms. The molecule has 8 heteroatoms. The first kappa shape index (κ1) is 18.8. The van der Waals surface area contributed by atoms with Gasteiger partial charge in [-0.2, -0.15) is 9.78 Å². The second-order valence-electron chi connectivity index (χ2n) is 5.66. The number of aryl methyl sites for hydroxylation is 1. The molecule has 0 spiro atoms. The fourth-order valence-electron chi connectivity index (χ4n) is 2.46. The van der Waals surface area contributed by atoms with Crippen molar-refractivity contribution in [3.63, 3.8) is 0 Å². The zero-order valence-electron chi connectivity index (χ0n) is 14.4. The van der Waals surface area contributed by atoms with E-state index in [1.54, 1.807) is 42.6 Å². The third-order valence-electron chi connectivity index (χ3n) is 3.76. The summed E-state index contributed by atoms with van der Waals surface area (Å²) >= 11 is 3.37. The van der Waals surface area contributed by atoms with E-state index in [-0.39, 0.29) is 5.56 Å². The summed E-state index contributed by atoms with van der Waals surface area (Å²) in [5.41, 5.74) is 1.13. The smallest absolute Gasteiger partial charge is 0.341 e.